The Bertz CT molecular complexity index is 2000. The fraction of sp³-hybridized carbons (Fsp3) is 0.500. The van der Waals surface area contributed by atoms with Gasteiger partial charge in [0.05, 0.1) is 25.9 Å². The Hall–Kier alpha value is -2.85. The minimum atomic E-state index is -5.16. The van der Waals surface area contributed by atoms with E-state index in [0.717, 1.165) is 28.0 Å². The van der Waals surface area contributed by atoms with Gasteiger partial charge in [0, 0.05) is 13.2 Å². The highest BCUT2D eigenvalue weighted by Crippen LogP contribution is 2.54. The first-order chi connectivity index (χ1) is 21.7. The summed E-state index contributed by atoms with van der Waals surface area (Å²) < 4.78 is 80.3. The topological polar surface area (TPSA) is 243 Å². The van der Waals surface area contributed by atoms with Gasteiger partial charge in [0.1, 0.15) is 47.8 Å². The maximum Gasteiger partial charge on any atom is 0.472 e. The molecule has 7 heterocycles. The van der Waals surface area contributed by atoms with E-state index in [2.05, 4.69) is 19.9 Å². The van der Waals surface area contributed by atoms with Crippen LogP contribution in [0.3, 0.4) is 0 Å². The molecule has 3 aliphatic rings. The number of hydrogen-bond donors (Lipinski definition) is 4. The summed E-state index contributed by atoms with van der Waals surface area (Å²) in [7, 11) is -3.80. The van der Waals surface area contributed by atoms with Crippen molar-refractivity contribution >= 4 is 54.4 Å². The number of aryl methyl sites for hydroxylation is 1. The largest absolute Gasteiger partial charge is 0.472 e. The van der Waals surface area contributed by atoms with Crippen LogP contribution in [0.25, 0.3) is 22.2 Å². The molecule has 0 aliphatic carbocycles. The van der Waals surface area contributed by atoms with Gasteiger partial charge in [0.15, 0.2) is 41.6 Å². The third-order valence-electron chi connectivity index (χ3n) is 7.68. The third-order valence-corrected chi connectivity index (χ3v) is 10.2. The number of alkyl halides is 1. The molecule has 0 aromatic carbocycles. The molecule has 24 heteroatoms. The van der Waals surface area contributed by atoms with Crippen LogP contribution in [0.4, 0.5) is 14.6 Å². The maximum atomic E-state index is 16.0. The Morgan fingerprint density at radius 3 is 2.52 bits per heavy atom. The van der Waals surface area contributed by atoms with Crippen molar-refractivity contribution in [2.24, 2.45) is 7.05 Å². The molecule has 10 atom stereocenters. The summed E-state index contributed by atoms with van der Waals surface area (Å²) >= 11 is 5.11. The van der Waals surface area contributed by atoms with Gasteiger partial charge in [-0.3, -0.25) is 22.9 Å². The smallest absolute Gasteiger partial charge is 0.387 e. The number of aromatic nitrogens is 7. The lowest BCUT2D eigenvalue weighted by molar-refractivity contribution is -0.0642. The number of nitrogens with zero attached hydrogens (tertiary/aromatic N) is 7. The van der Waals surface area contributed by atoms with E-state index < -0.39 is 93.7 Å². The zero-order chi connectivity index (χ0) is 32.7. The van der Waals surface area contributed by atoms with Crippen molar-refractivity contribution in [2.75, 3.05) is 18.9 Å². The average Bonchev–Trinajstić information content (AvgIpc) is 3.73. The number of anilines is 1. The predicted molar refractivity (Wildman–Crippen MR) is 151 cm³/mol. The van der Waals surface area contributed by atoms with Crippen LogP contribution in [0.5, 0.6) is 0 Å². The number of phosphoric acid groups is 1. The first-order valence-corrected chi connectivity index (χ1v) is 17.4. The molecule has 2 unspecified atom stereocenters. The Balaban J connectivity index is 1.21. The van der Waals surface area contributed by atoms with Gasteiger partial charge in [-0.05, 0) is 11.8 Å². The normalized spacial score (nSPS) is 37.2. The molecule has 5 N–H and O–H groups in total. The van der Waals surface area contributed by atoms with Crippen molar-refractivity contribution in [1.82, 2.24) is 33.6 Å². The van der Waals surface area contributed by atoms with Gasteiger partial charge >= 0.3 is 14.5 Å². The minimum Gasteiger partial charge on any atom is -0.387 e. The highest BCUT2D eigenvalue weighted by Gasteiger charge is 2.54. The van der Waals surface area contributed by atoms with Crippen molar-refractivity contribution < 1.29 is 55.8 Å². The third kappa shape index (κ3) is 5.37. The number of imidazole rings is 1. The van der Waals surface area contributed by atoms with Gasteiger partial charge in [-0.1, -0.05) is 0 Å². The molecule has 4 aromatic heterocycles. The number of rotatable bonds is 2. The SMILES string of the molecule is Cn1cnc2c(c(F)cn2[C@@H]2O[C@@H]3COP(O)(=S)O[C@H]4[C@@H](F)[C@@H](n5cnc6c(N)ncnc65)O[C@@H]4COP(=O)(O)O[C@@H]2[C@@H]3O)c1=O. The summed E-state index contributed by atoms with van der Waals surface area (Å²) in [5, 5.41) is 10.6. The van der Waals surface area contributed by atoms with Crippen molar-refractivity contribution in [2.45, 2.75) is 49.1 Å². The van der Waals surface area contributed by atoms with E-state index in [1.165, 1.54) is 17.9 Å². The van der Waals surface area contributed by atoms with E-state index in [0.29, 0.717) is 0 Å². The Labute approximate surface area is 260 Å². The zero-order valence-electron chi connectivity index (χ0n) is 23.2. The van der Waals surface area contributed by atoms with E-state index >= 15 is 4.39 Å². The highest BCUT2D eigenvalue weighted by molar-refractivity contribution is 8.07. The molecule has 3 saturated heterocycles. The van der Waals surface area contributed by atoms with E-state index in [-0.39, 0.29) is 22.6 Å². The lowest BCUT2D eigenvalue weighted by Gasteiger charge is -2.26. The molecular formula is C22H24F2N8O11P2S. The van der Waals surface area contributed by atoms with Crippen LogP contribution in [0, 0.1) is 5.82 Å². The zero-order valence-corrected chi connectivity index (χ0v) is 25.8. The number of aliphatic hydroxyl groups is 1. The molecule has 0 amide bonds. The molecule has 248 valence electrons. The molecule has 0 spiro atoms. The van der Waals surface area contributed by atoms with Crippen LogP contribution < -0.4 is 11.3 Å². The summed E-state index contributed by atoms with van der Waals surface area (Å²) in [5.74, 6) is -0.972. The quantitative estimate of drug-likeness (QED) is 0.199. The molecule has 46 heavy (non-hydrogen) atoms. The number of hydrogen-bond acceptors (Lipinski definition) is 15. The van der Waals surface area contributed by atoms with Gasteiger partial charge in [-0.2, -0.15) is 0 Å². The number of ether oxygens (including phenoxy) is 2. The second-order valence-corrected chi connectivity index (χ2v) is 14.8. The van der Waals surface area contributed by atoms with Crippen LogP contribution in [0.2, 0.25) is 0 Å². The molecule has 3 aliphatic heterocycles. The molecule has 4 aromatic rings. The van der Waals surface area contributed by atoms with E-state index in [9.17, 15) is 28.6 Å². The molecule has 0 radical (unpaired) electrons. The Morgan fingerprint density at radius 1 is 1.00 bits per heavy atom. The second-order valence-electron chi connectivity index (χ2n) is 10.6. The van der Waals surface area contributed by atoms with Gasteiger partial charge in [-0.25, -0.2) is 33.3 Å². The number of nitrogens with two attached hydrogens (primary N) is 1. The molecule has 2 bridgehead atoms. The Kier molecular flexibility index (Phi) is 7.86. The number of phosphoric ester groups is 1. The fourth-order valence-electron chi connectivity index (χ4n) is 5.51. The predicted octanol–water partition coefficient (Wildman–Crippen LogP) is -0.0756. The van der Waals surface area contributed by atoms with Gasteiger partial charge in [-0.15, -0.1) is 0 Å². The molecule has 7 rings (SSSR count). The number of aliphatic hydroxyl groups excluding tert-OH is 1. The molecular weight excluding hydrogens is 684 g/mol. The van der Waals surface area contributed by atoms with Crippen LogP contribution in [0.15, 0.2) is 30.0 Å². The Morgan fingerprint density at radius 2 is 1.74 bits per heavy atom. The number of halogens is 2. The summed E-state index contributed by atoms with van der Waals surface area (Å²) in [4.78, 5) is 50.2. The molecule has 0 saturated carbocycles. The van der Waals surface area contributed by atoms with Gasteiger partial charge in [0.25, 0.3) is 5.56 Å². The monoisotopic (exact) mass is 708 g/mol. The minimum absolute atomic E-state index is 0.0168. The molecule has 19 nitrogen and oxygen atoms in total. The van der Waals surface area contributed by atoms with Crippen molar-refractivity contribution in [1.29, 1.82) is 0 Å². The molecule has 3 fully saturated rings. The van der Waals surface area contributed by atoms with Crippen molar-refractivity contribution in [3.05, 3.63) is 41.3 Å². The van der Waals surface area contributed by atoms with Crippen LogP contribution >= 0.6 is 14.5 Å². The van der Waals surface area contributed by atoms with Crippen molar-refractivity contribution in [3.63, 3.8) is 0 Å². The van der Waals surface area contributed by atoms with E-state index in [1.807, 2.05) is 0 Å². The van der Waals surface area contributed by atoms with Crippen LogP contribution in [-0.4, -0.2) is 98.4 Å². The lowest BCUT2D eigenvalue weighted by Crippen LogP contribution is -2.35. The van der Waals surface area contributed by atoms with Gasteiger partial charge in [0.2, 0.25) is 0 Å². The van der Waals surface area contributed by atoms with E-state index in [4.69, 9.17) is 45.1 Å². The summed E-state index contributed by atoms with van der Waals surface area (Å²) in [6.45, 7) is -5.90. The maximum absolute atomic E-state index is 16.0. The average molecular weight is 708 g/mol. The van der Waals surface area contributed by atoms with Crippen molar-refractivity contribution in [3.8, 4) is 0 Å². The summed E-state index contributed by atoms with van der Waals surface area (Å²) in [5.41, 5.74) is 5.12. The number of fused-ring (bicyclic) bond motifs is 5. The van der Waals surface area contributed by atoms with Crippen LogP contribution in [-0.2, 0) is 51.0 Å². The second kappa shape index (κ2) is 11.4. The number of nitrogen functional groups attached to an aromatic ring is 1. The fourth-order valence-corrected chi connectivity index (χ4v) is 7.88. The summed E-state index contributed by atoms with van der Waals surface area (Å²) in [6.07, 6.45) is -9.06. The lowest BCUT2D eigenvalue weighted by atomic mass is 10.1. The van der Waals surface area contributed by atoms with Crippen LogP contribution in [0.1, 0.15) is 12.5 Å². The first-order valence-electron chi connectivity index (χ1n) is 13.3. The standard InChI is InChI=1S/C22H24F2N8O11P2S/c1-30-6-29-18-11(20(30)34)8(23)2-31(18)22-16-14(33)9(40-22)3-39-45(37,46)43-15-10(4-38-44(35,36)42-16)41-21(12(15)24)32-7-28-13-17(25)26-5-27-19(13)32/h2,5-7,9-10,12,14-16,21-22,33H,3-4H2,1H3,(H,35,36)(H,37,46)(H2,25,26,27)/t9-,10-,12-,14-,15-,16-,21+,22-,45?/m1/s1. The summed E-state index contributed by atoms with van der Waals surface area (Å²) in [6, 6.07) is 0. The van der Waals surface area contributed by atoms with E-state index in [1.54, 1.807) is 0 Å². The highest BCUT2D eigenvalue weighted by atomic mass is 32.5. The van der Waals surface area contributed by atoms with Gasteiger partial charge < -0.3 is 43.8 Å². The first kappa shape index (κ1) is 31.7.